The highest BCUT2D eigenvalue weighted by molar-refractivity contribution is 6.05. The minimum Gasteiger partial charge on any atom is -0.463 e. The summed E-state index contributed by atoms with van der Waals surface area (Å²) < 4.78 is 10.4. The quantitative estimate of drug-likeness (QED) is 0.686. The Bertz CT molecular complexity index is 729. The Labute approximate surface area is 159 Å². The second-order valence-electron chi connectivity index (χ2n) is 5.83. The molecule has 1 aliphatic heterocycles. The van der Waals surface area contributed by atoms with Crippen molar-refractivity contribution >= 4 is 18.0 Å². The third-order valence-electron chi connectivity index (χ3n) is 4.32. The summed E-state index contributed by atoms with van der Waals surface area (Å²) in [7, 11) is 0. The molecule has 7 heteroatoms. The lowest BCUT2D eigenvalue weighted by Gasteiger charge is -2.42. The zero-order valence-electron chi connectivity index (χ0n) is 16.2. The van der Waals surface area contributed by atoms with Gasteiger partial charge in [0.1, 0.15) is 5.70 Å². The highest BCUT2D eigenvalue weighted by atomic mass is 16.5. The maximum Gasteiger partial charge on any atom is 0.355 e. The normalized spacial score (nSPS) is 17.2. The number of hydrogen-bond donors (Lipinski definition) is 0. The van der Waals surface area contributed by atoms with Crippen LogP contribution in [-0.2, 0) is 19.1 Å². The number of benzene rings is 1. The van der Waals surface area contributed by atoms with Crippen molar-refractivity contribution in [2.24, 2.45) is 0 Å². The number of esters is 2. The Morgan fingerprint density at radius 3 is 2.04 bits per heavy atom. The summed E-state index contributed by atoms with van der Waals surface area (Å²) in [5.41, 5.74) is 0.819. The Morgan fingerprint density at radius 1 is 0.926 bits per heavy atom. The average Bonchev–Trinajstić information content (AvgIpc) is 2.67. The molecule has 0 fully saturated rings. The first-order valence-electron chi connectivity index (χ1n) is 9.23. The highest BCUT2D eigenvalue weighted by Crippen LogP contribution is 2.38. The van der Waals surface area contributed by atoms with Gasteiger partial charge in [-0.2, -0.15) is 0 Å². The molecule has 0 radical (unpaired) electrons. The Kier molecular flexibility index (Phi) is 6.98. The molecule has 1 atom stereocenters. The van der Waals surface area contributed by atoms with Gasteiger partial charge in [-0.1, -0.05) is 30.3 Å². The van der Waals surface area contributed by atoms with Crippen LogP contribution in [0.4, 0.5) is 4.79 Å². The Morgan fingerprint density at radius 2 is 1.52 bits per heavy atom. The number of amides is 2. The minimum atomic E-state index is -0.718. The van der Waals surface area contributed by atoms with Crippen molar-refractivity contribution in [3.05, 3.63) is 47.2 Å². The van der Waals surface area contributed by atoms with Crippen molar-refractivity contribution in [3.63, 3.8) is 0 Å². The Balaban J connectivity index is 2.78. The van der Waals surface area contributed by atoms with E-state index in [4.69, 9.17) is 9.47 Å². The van der Waals surface area contributed by atoms with E-state index in [-0.39, 0.29) is 37.1 Å². The number of nitrogens with zero attached hydrogens (tertiary/aromatic N) is 2. The van der Waals surface area contributed by atoms with Gasteiger partial charge >= 0.3 is 18.0 Å². The van der Waals surface area contributed by atoms with Gasteiger partial charge in [0.25, 0.3) is 0 Å². The molecule has 0 saturated carbocycles. The molecule has 0 aliphatic carbocycles. The monoisotopic (exact) mass is 374 g/mol. The van der Waals surface area contributed by atoms with Gasteiger partial charge in [-0.25, -0.2) is 14.4 Å². The van der Waals surface area contributed by atoms with Crippen molar-refractivity contribution in [1.29, 1.82) is 0 Å². The number of ether oxygens (including phenoxy) is 2. The van der Waals surface area contributed by atoms with Crippen LogP contribution >= 0.6 is 0 Å². The lowest BCUT2D eigenvalue weighted by molar-refractivity contribution is -0.144. The topological polar surface area (TPSA) is 76.2 Å². The third kappa shape index (κ3) is 3.97. The molecule has 0 saturated heterocycles. The third-order valence-corrected chi connectivity index (χ3v) is 4.32. The van der Waals surface area contributed by atoms with Crippen LogP contribution in [0.15, 0.2) is 41.6 Å². The predicted octanol–water partition coefficient (Wildman–Crippen LogP) is 2.89. The second kappa shape index (κ2) is 9.21. The second-order valence-corrected chi connectivity index (χ2v) is 5.83. The summed E-state index contributed by atoms with van der Waals surface area (Å²) in [4.78, 5) is 41.5. The smallest absolute Gasteiger partial charge is 0.355 e. The van der Waals surface area contributed by atoms with Gasteiger partial charge in [-0.05, 0) is 33.3 Å². The van der Waals surface area contributed by atoms with E-state index in [1.54, 1.807) is 25.7 Å². The molecule has 0 spiro atoms. The summed E-state index contributed by atoms with van der Waals surface area (Å²) in [6.07, 6.45) is 0. The fourth-order valence-electron chi connectivity index (χ4n) is 3.22. The van der Waals surface area contributed by atoms with Gasteiger partial charge in [-0.3, -0.25) is 4.90 Å². The lowest BCUT2D eigenvalue weighted by Crippen LogP contribution is -2.52. The number of rotatable bonds is 7. The van der Waals surface area contributed by atoms with Crippen LogP contribution in [0.25, 0.3) is 0 Å². The SMILES string of the molecule is CCOC(=O)C1=C(C(=O)OCC)N(CC)C(=O)N(CC)C1c1ccccc1. The zero-order chi connectivity index (χ0) is 20.0. The van der Waals surface area contributed by atoms with E-state index in [0.717, 1.165) is 5.56 Å². The van der Waals surface area contributed by atoms with Crippen LogP contribution in [0.5, 0.6) is 0 Å². The van der Waals surface area contributed by atoms with Crippen molar-refractivity contribution < 1.29 is 23.9 Å². The van der Waals surface area contributed by atoms with Gasteiger partial charge in [0.2, 0.25) is 0 Å². The zero-order valence-corrected chi connectivity index (χ0v) is 16.2. The molecule has 27 heavy (non-hydrogen) atoms. The standard InChI is InChI=1S/C20H26N2O5/c1-5-21-16(14-12-10-9-11-13-14)15(18(23)26-7-3)17(19(24)27-8-4)22(6-2)20(21)25/h9-13,16H,5-8H2,1-4H3. The maximum atomic E-state index is 13.1. The molecule has 1 unspecified atom stereocenters. The molecule has 0 N–H and O–H groups in total. The molecule has 1 aliphatic rings. The fraction of sp³-hybridized carbons (Fsp3) is 0.450. The molecule has 1 aromatic carbocycles. The molecule has 1 aromatic rings. The first-order valence-corrected chi connectivity index (χ1v) is 9.23. The van der Waals surface area contributed by atoms with E-state index in [1.807, 2.05) is 37.3 Å². The van der Waals surface area contributed by atoms with Crippen LogP contribution in [-0.4, -0.2) is 54.1 Å². The average molecular weight is 374 g/mol. The van der Waals surface area contributed by atoms with Gasteiger partial charge in [0.05, 0.1) is 24.8 Å². The molecule has 7 nitrogen and oxygen atoms in total. The van der Waals surface area contributed by atoms with Crippen LogP contribution in [0, 0.1) is 0 Å². The summed E-state index contributed by atoms with van der Waals surface area (Å²) >= 11 is 0. The molecular weight excluding hydrogens is 348 g/mol. The molecular formula is C20H26N2O5. The van der Waals surface area contributed by atoms with Gasteiger partial charge in [-0.15, -0.1) is 0 Å². The van der Waals surface area contributed by atoms with Crippen molar-refractivity contribution in [2.45, 2.75) is 33.7 Å². The van der Waals surface area contributed by atoms with Gasteiger partial charge < -0.3 is 14.4 Å². The van der Waals surface area contributed by atoms with Gasteiger partial charge in [0, 0.05) is 13.1 Å². The number of urea groups is 1. The van der Waals surface area contributed by atoms with E-state index < -0.39 is 18.0 Å². The van der Waals surface area contributed by atoms with E-state index in [9.17, 15) is 14.4 Å². The summed E-state index contributed by atoms with van der Waals surface area (Å²) in [5, 5.41) is 0. The predicted molar refractivity (Wildman–Crippen MR) is 99.6 cm³/mol. The molecule has 0 bridgehead atoms. The van der Waals surface area contributed by atoms with Crippen LogP contribution < -0.4 is 0 Å². The fourth-order valence-corrected chi connectivity index (χ4v) is 3.22. The number of carbonyl (C=O) groups excluding carboxylic acids is 3. The van der Waals surface area contributed by atoms with Crippen LogP contribution in [0.1, 0.15) is 39.3 Å². The largest absolute Gasteiger partial charge is 0.463 e. The molecule has 1 heterocycles. The summed E-state index contributed by atoms with van der Waals surface area (Å²) in [6.45, 7) is 7.85. The van der Waals surface area contributed by atoms with Crippen molar-refractivity contribution in [1.82, 2.24) is 9.80 Å². The number of likely N-dealkylation sites (N-methyl/N-ethyl adjacent to an activating group) is 2. The van der Waals surface area contributed by atoms with E-state index in [2.05, 4.69) is 0 Å². The first kappa shape index (κ1) is 20.5. The minimum absolute atomic E-state index is 0.0404. The number of hydrogen-bond acceptors (Lipinski definition) is 5. The molecule has 2 rings (SSSR count). The first-order chi connectivity index (χ1) is 13.0. The molecule has 146 valence electrons. The highest BCUT2D eigenvalue weighted by Gasteiger charge is 2.45. The van der Waals surface area contributed by atoms with Crippen LogP contribution in [0.3, 0.4) is 0 Å². The van der Waals surface area contributed by atoms with E-state index in [0.29, 0.717) is 6.54 Å². The van der Waals surface area contributed by atoms with Crippen molar-refractivity contribution in [2.75, 3.05) is 26.3 Å². The summed E-state index contributed by atoms with van der Waals surface area (Å²) in [6, 6.07) is 8.09. The lowest BCUT2D eigenvalue weighted by atomic mass is 9.92. The maximum absolute atomic E-state index is 13.1. The van der Waals surface area contributed by atoms with Crippen LogP contribution in [0.2, 0.25) is 0 Å². The summed E-state index contributed by atoms with van der Waals surface area (Å²) in [5.74, 6) is -1.33. The van der Waals surface area contributed by atoms with Crippen molar-refractivity contribution in [3.8, 4) is 0 Å². The molecule has 0 aromatic heterocycles. The van der Waals surface area contributed by atoms with Gasteiger partial charge in [0.15, 0.2) is 0 Å². The number of carbonyl (C=O) groups is 3. The Hall–Kier alpha value is -2.83. The molecule has 2 amide bonds. The van der Waals surface area contributed by atoms with E-state index in [1.165, 1.54) is 4.90 Å². The van der Waals surface area contributed by atoms with E-state index >= 15 is 0 Å².